The van der Waals surface area contributed by atoms with Crippen molar-refractivity contribution in [3.05, 3.63) is 83.8 Å². The maximum atomic E-state index is 12.8. The van der Waals surface area contributed by atoms with E-state index >= 15 is 0 Å². The van der Waals surface area contributed by atoms with Crippen molar-refractivity contribution >= 4 is 23.5 Å². The summed E-state index contributed by atoms with van der Waals surface area (Å²) in [5, 5.41) is 14.4. The van der Waals surface area contributed by atoms with Gasteiger partial charge in [0.05, 0.1) is 25.0 Å². The molecule has 3 aromatic heterocycles. The number of hydrogen-bond donors (Lipinski definition) is 3. The lowest BCUT2D eigenvalue weighted by Gasteiger charge is -2.14. The molecule has 0 aliphatic carbocycles. The smallest absolute Gasteiger partial charge is 0.433 e. The van der Waals surface area contributed by atoms with Gasteiger partial charge in [-0.15, -0.1) is 0 Å². The van der Waals surface area contributed by atoms with Crippen LogP contribution >= 0.6 is 0 Å². The molecule has 3 heterocycles. The van der Waals surface area contributed by atoms with Crippen molar-refractivity contribution in [2.75, 3.05) is 31.0 Å². The third kappa shape index (κ3) is 7.33. The number of alkyl halides is 3. The van der Waals surface area contributed by atoms with E-state index in [4.69, 9.17) is 4.74 Å². The molecule has 2 amide bonds. The van der Waals surface area contributed by atoms with Gasteiger partial charge in [0.15, 0.2) is 0 Å². The van der Waals surface area contributed by atoms with Crippen molar-refractivity contribution in [1.82, 2.24) is 15.0 Å². The molecule has 4 rings (SSSR count). The molecule has 0 saturated heterocycles. The van der Waals surface area contributed by atoms with Gasteiger partial charge in [0, 0.05) is 29.7 Å². The molecule has 0 saturated carbocycles. The molecule has 0 spiro atoms. The van der Waals surface area contributed by atoms with Gasteiger partial charge in [-0.3, -0.25) is 15.1 Å². The monoisotopic (exact) mass is 567 g/mol. The van der Waals surface area contributed by atoms with Gasteiger partial charge in [-0.25, -0.2) is 14.8 Å². The number of hydrogen-bond acceptors (Lipinski definition) is 8. The number of methoxy groups -OCH3 is 1. The molecule has 0 radical (unpaired) electrons. The highest BCUT2D eigenvalue weighted by Gasteiger charge is 2.32. The van der Waals surface area contributed by atoms with Crippen LogP contribution in [0.15, 0.2) is 67.0 Å². The topological polar surface area (TPSA) is 136 Å². The number of aromatic nitrogens is 3. The molecule has 0 aliphatic rings. The van der Waals surface area contributed by atoms with E-state index in [0.29, 0.717) is 28.1 Å². The van der Waals surface area contributed by atoms with Crippen LogP contribution in [0.2, 0.25) is 0 Å². The summed E-state index contributed by atoms with van der Waals surface area (Å²) in [7, 11) is 1.23. The number of aliphatic hydroxyl groups is 1. The number of nitrogens with zero attached hydrogens (tertiary/aromatic N) is 3. The van der Waals surface area contributed by atoms with E-state index < -0.39 is 23.9 Å². The van der Waals surface area contributed by atoms with Crippen LogP contribution in [0, 0.1) is 6.92 Å². The predicted molar refractivity (Wildman–Crippen MR) is 143 cm³/mol. The predicted octanol–water partition coefficient (Wildman–Crippen LogP) is 5.33. The van der Waals surface area contributed by atoms with Gasteiger partial charge in [0.2, 0.25) is 5.88 Å². The van der Waals surface area contributed by atoms with Gasteiger partial charge in [-0.05, 0) is 66.1 Å². The standard InChI is InChI=1S/C28H24F3N5O5/c1-16-3-5-20(34-26(38)18-4-6-23(33-15-18)28(29,30)31)14-21(16)19-11-22(35-25(13-19)41-10-9-37)17-7-8-32-24(12-17)36-27(39)40-2/h3-8,11-15,37H,9-10H2,1-2H3,(H,34,38)(H,32,36,39). The first-order valence-electron chi connectivity index (χ1n) is 12.1. The number of amides is 2. The number of aliphatic hydroxyl groups excluding tert-OH is 1. The Hall–Kier alpha value is -5.04. The lowest BCUT2D eigenvalue weighted by Crippen LogP contribution is -2.14. The molecule has 1 aromatic carbocycles. The van der Waals surface area contributed by atoms with Crippen LogP contribution < -0.4 is 15.4 Å². The van der Waals surface area contributed by atoms with Gasteiger partial charge < -0.3 is 19.9 Å². The second-order valence-corrected chi connectivity index (χ2v) is 8.61. The summed E-state index contributed by atoms with van der Waals surface area (Å²) in [6, 6.07) is 13.7. The Kier molecular flexibility index (Phi) is 8.78. The number of rotatable bonds is 8. The van der Waals surface area contributed by atoms with Crippen LogP contribution in [0.25, 0.3) is 22.4 Å². The largest absolute Gasteiger partial charge is 0.475 e. The summed E-state index contributed by atoms with van der Waals surface area (Å²) in [6.07, 6.45) is -2.95. The molecule has 0 unspecified atom stereocenters. The maximum absolute atomic E-state index is 12.8. The Balaban J connectivity index is 1.67. The number of ether oxygens (including phenoxy) is 2. The van der Waals surface area contributed by atoms with Gasteiger partial charge in [-0.1, -0.05) is 6.07 Å². The molecule has 13 heteroatoms. The summed E-state index contributed by atoms with van der Waals surface area (Å²) < 4.78 is 48.7. The molecule has 0 fully saturated rings. The highest BCUT2D eigenvalue weighted by atomic mass is 19.4. The molecule has 0 atom stereocenters. The van der Waals surface area contributed by atoms with Gasteiger partial charge in [0.1, 0.15) is 18.1 Å². The lowest BCUT2D eigenvalue weighted by molar-refractivity contribution is -0.141. The Bertz CT molecular complexity index is 1560. The zero-order valence-electron chi connectivity index (χ0n) is 21.8. The normalized spacial score (nSPS) is 11.1. The first kappa shape index (κ1) is 29.0. The Labute approximate surface area is 232 Å². The number of nitrogens with one attached hydrogen (secondary N) is 2. The number of pyridine rings is 3. The fourth-order valence-electron chi connectivity index (χ4n) is 3.76. The Morgan fingerprint density at radius 1 is 0.976 bits per heavy atom. The average molecular weight is 568 g/mol. The number of aryl methyl sites for hydroxylation is 1. The zero-order valence-corrected chi connectivity index (χ0v) is 21.8. The molecule has 10 nitrogen and oxygen atoms in total. The summed E-state index contributed by atoms with van der Waals surface area (Å²) in [5.74, 6) is -0.181. The molecule has 41 heavy (non-hydrogen) atoms. The van der Waals surface area contributed by atoms with Crippen molar-refractivity contribution < 1.29 is 37.3 Å². The van der Waals surface area contributed by atoms with Gasteiger partial charge >= 0.3 is 12.3 Å². The Morgan fingerprint density at radius 2 is 1.78 bits per heavy atom. The second kappa shape index (κ2) is 12.4. The minimum Gasteiger partial charge on any atom is -0.475 e. The van der Waals surface area contributed by atoms with E-state index in [9.17, 15) is 27.9 Å². The maximum Gasteiger partial charge on any atom is 0.433 e. The summed E-state index contributed by atoms with van der Waals surface area (Å²) in [4.78, 5) is 36.3. The van der Waals surface area contributed by atoms with E-state index in [-0.39, 0.29) is 30.5 Å². The van der Waals surface area contributed by atoms with E-state index in [1.807, 2.05) is 6.92 Å². The third-order valence-electron chi connectivity index (χ3n) is 5.74. The van der Waals surface area contributed by atoms with E-state index in [0.717, 1.165) is 23.9 Å². The first-order valence-corrected chi connectivity index (χ1v) is 12.1. The minimum absolute atomic E-state index is 0.00235. The van der Waals surface area contributed by atoms with Gasteiger partial charge in [0.25, 0.3) is 5.91 Å². The van der Waals surface area contributed by atoms with E-state index in [2.05, 4.69) is 30.3 Å². The second-order valence-electron chi connectivity index (χ2n) is 8.61. The lowest BCUT2D eigenvalue weighted by atomic mass is 9.98. The number of carbonyl (C=O) groups excluding carboxylic acids is 2. The zero-order chi connectivity index (χ0) is 29.6. The highest BCUT2D eigenvalue weighted by molar-refractivity contribution is 6.04. The summed E-state index contributed by atoms with van der Waals surface area (Å²) in [5.41, 5.74) is 2.52. The SMILES string of the molecule is COC(=O)Nc1cc(-c2cc(-c3cc(NC(=O)c4ccc(C(F)(F)F)nc4)ccc3C)cc(OCCO)n2)ccn1. The van der Waals surface area contributed by atoms with Crippen molar-refractivity contribution in [2.45, 2.75) is 13.1 Å². The van der Waals surface area contributed by atoms with Crippen molar-refractivity contribution in [1.29, 1.82) is 0 Å². The molecular weight excluding hydrogens is 543 g/mol. The number of benzene rings is 1. The van der Waals surface area contributed by atoms with Crippen LogP contribution in [-0.4, -0.2) is 52.4 Å². The van der Waals surface area contributed by atoms with Crippen molar-refractivity contribution in [2.24, 2.45) is 0 Å². The quantitative estimate of drug-likeness (QED) is 0.260. The average Bonchev–Trinajstić information content (AvgIpc) is 2.96. The molecule has 0 bridgehead atoms. The number of anilines is 2. The van der Waals surface area contributed by atoms with Crippen molar-refractivity contribution in [3.63, 3.8) is 0 Å². The van der Waals surface area contributed by atoms with Crippen LogP contribution in [0.3, 0.4) is 0 Å². The van der Waals surface area contributed by atoms with Crippen molar-refractivity contribution in [3.8, 4) is 28.3 Å². The molecule has 4 aromatic rings. The van der Waals surface area contributed by atoms with Crippen LogP contribution in [0.4, 0.5) is 29.5 Å². The van der Waals surface area contributed by atoms with Crippen LogP contribution in [-0.2, 0) is 10.9 Å². The fraction of sp³-hybridized carbons (Fsp3) is 0.179. The minimum atomic E-state index is -4.61. The highest BCUT2D eigenvalue weighted by Crippen LogP contribution is 2.33. The number of halogens is 3. The molecule has 3 N–H and O–H groups in total. The van der Waals surface area contributed by atoms with E-state index in [1.165, 1.54) is 13.3 Å². The van der Waals surface area contributed by atoms with Crippen LogP contribution in [0.5, 0.6) is 5.88 Å². The fourth-order valence-corrected chi connectivity index (χ4v) is 3.76. The Morgan fingerprint density at radius 3 is 2.46 bits per heavy atom. The summed E-state index contributed by atoms with van der Waals surface area (Å²) in [6.45, 7) is 1.63. The van der Waals surface area contributed by atoms with Crippen LogP contribution in [0.1, 0.15) is 21.6 Å². The molecule has 212 valence electrons. The first-order chi connectivity index (χ1) is 19.6. The summed E-state index contributed by atoms with van der Waals surface area (Å²) >= 11 is 0. The molecular formula is C28H24F3N5O5. The molecule has 0 aliphatic heterocycles. The van der Waals surface area contributed by atoms with E-state index in [1.54, 1.807) is 42.5 Å². The third-order valence-corrected chi connectivity index (χ3v) is 5.74. The number of carbonyl (C=O) groups is 2. The van der Waals surface area contributed by atoms with Gasteiger partial charge in [-0.2, -0.15) is 13.2 Å².